The molecule has 0 aliphatic carbocycles. The predicted octanol–water partition coefficient (Wildman–Crippen LogP) is 2.59. The summed E-state index contributed by atoms with van der Waals surface area (Å²) in [7, 11) is 0. The van der Waals surface area contributed by atoms with Gasteiger partial charge in [0.1, 0.15) is 6.10 Å². The van der Waals surface area contributed by atoms with Crippen LogP contribution in [0.15, 0.2) is 24.3 Å². The van der Waals surface area contributed by atoms with E-state index in [1.54, 1.807) is 19.1 Å². The molecule has 92 valence electrons. The van der Waals surface area contributed by atoms with Gasteiger partial charge in [0.25, 0.3) is 0 Å². The van der Waals surface area contributed by atoms with Crippen molar-refractivity contribution in [1.82, 2.24) is 0 Å². The normalized spacial score (nSPS) is 12.2. The first-order chi connectivity index (χ1) is 7.93. The second-order valence-corrected chi connectivity index (χ2v) is 4.21. The highest BCUT2D eigenvalue weighted by atomic mass is 16.5. The molecule has 1 atom stereocenters. The number of hydrogen-bond donors (Lipinski definition) is 1. The Morgan fingerprint density at radius 3 is 2.12 bits per heavy atom. The molecule has 0 radical (unpaired) electrons. The summed E-state index contributed by atoms with van der Waals surface area (Å²) in [5.74, 6) is -1.53. The third-order valence-electron chi connectivity index (χ3n) is 2.61. The molecule has 0 bridgehead atoms. The minimum absolute atomic E-state index is 0.0338. The number of esters is 1. The van der Waals surface area contributed by atoms with Crippen LogP contribution in [0.1, 0.15) is 41.5 Å². The van der Waals surface area contributed by atoms with E-state index in [4.69, 9.17) is 9.84 Å². The van der Waals surface area contributed by atoms with E-state index in [9.17, 15) is 9.59 Å². The van der Waals surface area contributed by atoms with Gasteiger partial charge in [-0.05, 0) is 25.0 Å². The SMILES string of the molecule is CC(C)C(C)OC(=O)c1ccccc1C(=O)O. The molecule has 0 aliphatic heterocycles. The van der Waals surface area contributed by atoms with Crippen LogP contribution in [-0.2, 0) is 4.74 Å². The molecule has 0 amide bonds. The van der Waals surface area contributed by atoms with Crippen LogP contribution in [0.3, 0.4) is 0 Å². The summed E-state index contributed by atoms with van der Waals surface area (Å²) >= 11 is 0. The number of carbonyl (C=O) groups excluding carboxylic acids is 1. The van der Waals surface area contributed by atoms with Gasteiger partial charge in [0.05, 0.1) is 11.1 Å². The van der Waals surface area contributed by atoms with Crippen molar-refractivity contribution < 1.29 is 19.4 Å². The van der Waals surface area contributed by atoms with Crippen molar-refractivity contribution in [3.8, 4) is 0 Å². The van der Waals surface area contributed by atoms with Gasteiger partial charge in [-0.15, -0.1) is 0 Å². The Bertz CT molecular complexity index is 423. The Labute approximate surface area is 100 Å². The zero-order chi connectivity index (χ0) is 13.0. The molecule has 0 fully saturated rings. The van der Waals surface area contributed by atoms with Gasteiger partial charge in [-0.3, -0.25) is 0 Å². The van der Waals surface area contributed by atoms with Gasteiger partial charge in [-0.25, -0.2) is 9.59 Å². The maximum atomic E-state index is 11.8. The number of carboxylic acid groups (broad SMARTS) is 1. The maximum absolute atomic E-state index is 11.8. The summed E-state index contributed by atoms with van der Waals surface area (Å²) in [6, 6.07) is 6.03. The highest BCUT2D eigenvalue weighted by Gasteiger charge is 2.20. The van der Waals surface area contributed by atoms with Gasteiger partial charge in [0, 0.05) is 0 Å². The Balaban J connectivity index is 2.93. The summed E-state index contributed by atoms with van der Waals surface area (Å²) < 4.78 is 5.19. The molecule has 4 heteroatoms. The summed E-state index contributed by atoms with van der Waals surface area (Å²) in [6.07, 6.45) is -0.246. The molecule has 4 nitrogen and oxygen atoms in total. The zero-order valence-corrected chi connectivity index (χ0v) is 10.1. The number of carbonyl (C=O) groups is 2. The van der Waals surface area contributed by atoms with E-state index in [1.165, 1.54) is 12.1 Å². The van der Waals surface area contributed by atoms with Gasteiger partial charge >= 0.3 is 11.9 Å². The van der Waals surface area contributed by atoms with Crippen LogP contribution in [0, 0.1) is 5.92 Å². The predicted molar refractivity (Wildman–Crippen MR) is 63.1 cm³/mol. The van der Waals surface area contributed by atoms with Crippen LogP contribution < -0.4 is 0 Å². The van der Waals surface area contributed by atoms with Crippen molar-refractivity contribution in [3.63, 3.8) is 0 Å². The molecule has 1 unspecified atom stereocenters. The minimum Gasteiger partial charge on any atom is -0.478 e. The fraction of sp³-hybridized carbons (Fsp3) is 0.385. The Hall–Kier alpha value is -1.84. The lowest BCUT2D eigenvalue weighted by Gasteiger charge is -2.17. The van der Waals surface area contributed by atoms with Crippen molar-refractivity contribution in [2.24, 2.45) is 5.92 Å². The van der Waals surface area contributed by atoms with Crippen LogP contribution in [0.4, 0.5) is 0 Å². The molecule has 0 spiro atoms. The summed E-state index contributed by atoms with van der Waals surface area (Å²) in [5, 5.41) is 8.95. The Morgan fingerprint density at radius 2 is 1.65 bits per heavy atom. The van der Waals surface area contributed by atoms with Crippen LogP contribution in [0.2, 0.25) is 0 Å². The first-order valence-electron chi connectivity index (χ1n) is 5.46. The van der Waals surface area contributed by atoms with Crippen LogP contribution in [0.25, 0.3) is 0 Å². The van der Waals surface area contributed by atoms with Crippen molar-refractivity contribution in [2.45, 2.75) is 26.9 Å². The van der Waals surface area contributed by atoms with E-state index in [0.29, 0.717) is 0 Å². The number of rotatable bonds is 4. The second-order valence-electron chi connectivity index (χ2n) is 4.21. The third-order valence-corrected chi connectivity index (χ3v) is 2.61. The van der Waals surface area contributed by atoms with Crippen LogP contribution in [0.5, 0.6) is 0 Å². The van der Waals surface area contributed by atoms with Gasteiger partial charge < -0.3 is 9.84 Å². The monoisotopic (exact) mass is 236 g/mol. The van der Waals surface area contributed by atoms with Crippen molar-refractivity contribution in [1.29, 1.82) is 0 Å². The smallest absolute Gasteiger partial charge is 0.339 e. The fourth-order valence-electron chi connectivity index (χ4n) is 1.22. The van der Waals surface area contributed by atoms with Gasteiger partial charge in [-0.2, -0.15) is 0 Å². The van der Waals surface area contributed by atoms with Crippen molar-refractivity contribution >= 4 is 11.9 Å². The molecule has 0 aliphatic rings. The Kier molecular flexibility index (Phi) is 4.26. The number of aromatic carboxylic acids is 1. The lowest BCUT2D eigenvalue weighted by Crippen LogP contribution is -2.21. The average molecular weight is 236 g/mol. The van der Waals surface area contributed by atoms with Crippen LogP contribution in [-0.4, -0.2) is 23.1 Å². The highest BCUT2D eigenvalue weighted by Crippen LogP contribution is 2.14. The fourth-order valence-corrected chi connectivity index (χ4v) is 1.22. The number of benzene rings is 1. The molecular weight excluding hydrogens is 220 g/mol. The van der Waals surface area contributed by atoms with E-state index < -0.39 is 11.9 Å². The lowest BCUT2D eigenvalue weighted by atomic mass is 10.1. The van der Waals surface area contributed by atoms with E-state index >= 15 is 0 Å². The highest BCUT2D eigenvalue weighted by molar-refractivity contribution is 6.02. The topological polar surface area (TPSA) is 63.6 Å². The minimum atomic E-state index is -1.13. The van der Waals surface area contributed by atoms with Crippen LogP contribution >= 0.6 is 0 Å². The summed E-state index contributed by atoms with van der Waals surface area (Å²) in [4.78, 5) is 22.7. The molecule has 0 saturated heterocycles. The molecule has 1 rings (SSSR count). The van der Waals surface area contributed by atoms with E-state index in [-0.39, 0.29) is 23.1 Å². The average Bonchev–Trinajstić information content (AvgIpc) is 2.28. The molecule has 0 heterocycles. The standard InChI is InChI=1S/C13H16O4/c1-8(2)9(3)17-13(16)11-7-5-4-6-10(11)12(14)15/h4-9H,1-3H3,(H,14,15). The first kappa shape index (κ1) is 13.2. The summed E-state index contributed by atoms with van der Waals surface area (Å²) in [6.45, 7) is 5.65. The van der Waals surface area contributed by atoms with Gasteiger partial charge in [0.15, 0.2) is 0 Å². The summed E-state index contributed by atoms with van der Waals surface area (Å²) in [5.41, 5.74) is 0.0564. The first-order valence-corrected chi connectivity index (χ1v) is 5.46. The van der Waals surface area contributed by atoms with Gasteiger partial charge in [-0.1, -0.05) is 26.0 Å². The quantitative estimate of drug-likeness (QED) is 0.816. The van der Waals surface area contributed by atoms with E-state index in [0.717, 1.165) is 0 Å². The van der Waals surface area contributed by atoms with Crippen molar-refractivity contribution in [3.05, 3.63) is 35.4 Å². The second kappa shape index (κ2) is 5.48. The van der Waals surface area contributed by atoms with E-state index in [1.807, 2.05) is 13.8 Å². The molecular formula is C13H16O4. The largest absolute Gasteiger partial charge is 0.478 e. The molecule has 1 aromatic rings. The van der Waals surface area contributed by atoms with Crippen molar-refractivity contribution in [2.75, 3.05) is 0 Å². The zero-order valence-electron chi connectivity index (χ0n) is 10.1. The molecule has 17 heavy (non-hydrogen) atoms. The number of carboxylic acids is 1. The molecule has 1 N–H and O–H groups in total. The van der Waals surface area contributed by atoms with Gasteiger partial charge in [0.2, 0.25) is 0 Å². The molecule has 1 aromatic carbocycles. The lowest BCUT2D eigenvalue weighted by molar-refractivity contribution is 0.0233. The third kappa shape index (κ3) is 3.31. The Morgan fingerprint density at radius 1 is 1.12 bits per heavy atom. The number of ether oxygens (including phenoxy) is 1. The molecule has 0 saturated carbocycles. The maximum Gasteiger partial charge on any atom is 0.339 e. The molecule has 0 aromatic heterocycles. The van der Waals surface area contributed by atoms with E-state index in [2.05, 4.69) is 0 Å². The number of hydrogen-bond acceptors (Lipinski definition) is 3.